The van der Waals surface area contributed by atoms with Crippen LogP contribution in [0.5, 0.6) is 0 Å². The minimum atomic E-state index is -0.880. The molecule has 0 bridgehead atoms. The Bertz CT molecular complexity index is 382. The number of aromatic nitrogens is 3. The average molecular weight is 224 g/mol. The van der Waals surface area contributed by atoms with E-state index in [4.69, 9.17) is 0 Å². The van der Waals surface area contributed by atoms with Gasteiger partial charge in [0.1, 0.15) is 0 Å². The third-order valence-corrected chi connectivity index (χ3v) is 3.05. The molecule has 0 saturated heterocycles. The Kier molecular flexibility index (Phi) is 3.19. The van der Waals surface area contributed by atoms with E-state index >= 15 is 0 Å². The fourth-order valence-electron chi connectivity index (χ4n) is 0.942. The summed E-state index contributed by atoms with van der Waals surface area (Å²) in [6, 6.07) is 0. The van der Waals surface area contributed by atoms with Crippen LogP contribution >= 0.6 is 0 Å². The van der Waals surface area contributed by atoms with Crippen molar-refractivity contribution in [3.63, 3.8) is 0 Å². The van der Waals surface area contributed by atoms with Crippen LogP contribution in [0.1, 0.15) is 39.1 Å². The molecule has 1 rings (SSSR count). The van der Waals surface area contributed by atoms with E-state index in [0.717, 1.165) is 11.4 Å². The molecule has 0 aromatic carbocycles. The molecular formula is C11H20N4O. The lowest BCUT2D eigenvalue weighted by Crippen LogP contribution is -2.51. The van der Waals surface area contributed by atoms with Gasteiger partial charge in [0, 0.05) is 0 Å². The van der Waals surface area contributed by atoms with E-state index in [1.54, 1.807) is 13.8 Å². The van der Waals surface area contributed by atoms with Crippen molar-refractivity contribution in [1.82, 2.24) is 15.2 Å². The molecule has 0 aliphatic carbocycles. The van der Waals surface area contributed by atoms with E-state index in [1.165, 1.54) is 0 Å². The summed E-state index contributed by atoms with van der Waals surface area (Å²) in [5, 5.41) is 21.0. The molecular weight excluding hydrogens is 204 g/mol. The van der Waals surface area contributed by atoms with Gasteiger partial charge >= 0.3 is 0 Å². The Balaban J connectivity index is 2.93. The van der Waals surface area contributed by atoms with Gasteiger partial charge in [0.05, 0.1) is 22.5 Å². The molecule has 0 radical (unpaired) electrons. The van der Waals surface area contributed by atoms with E-state index < -0.39 is 11.1 Å². The summed E-state index contributed by atoms with van der Waals surface area (Å²) in [6.07, 6.45) is 0. The Labute approximate surface area is 96.3 Å². The molecule has 0 fully saturated rings. The summed E-state index contributed by atoms with van der Waals surface area (Å²) < 4.78 is 0. The molecule has 0 saturated carbocycles. The maximum absolute atomic E-state index is 9.99. The largest absolute Gasteiger partial charge is 0.388 e. The number of nitrogens with one attached hydrogen (secondary N) is 1. The lowest BCUT2D eigenvalue weighted by molar-refractivity contribution is 0.0236. The molecule has 5 heteroatoms. The molecule has 2 N–H and O–H groups in total. The molecule has 0 aliphatic rings. The Morgan fingerprint density at radius 2 is 1.56 bits per heavy atom. The molecule has 0 aliphatic heterocycles. The van der Waals surface area contributed by atoms with Crippen LogP contribution in [0.2, 0.25) is 0 Å². The molecule has 0 amide bonds. The van der Waals surface area contributed by atoms with Gasteiger partial charge in [-0.05, 0) is 41.5 Å². The monoisotopic (exact) mass is 224 g/mol. The first-order valence-electron chi connectivity index (χ1n) is 5.32. The Morgan fingerprint density at radius 3 is 2.00 bits per heavy atom. The van der Waals surface area contributed by atoms with E-state index in [9.17, 15) is 5.11 Å². The summed E-state index contributed by atoms with van der Waals surface area (Å²) in [6.45, 7) is 11.0. The van der Waals surface area contributed by atoms with Crippen LogP contribution in [0, 0.1) is 13.8 Å². The minimum absolute atomic E-state index is 0.440. The first kappa shape index (κ1) is 12.8. The van der Waals surface area contributed by atoms with Crippen molar-refractivity contribution in [2.75, 3.05) is 5.32 Å². The second-order valence-electron chi connectivity index (χ2n) is 5.12. The molecule has 0 unspecified atom stereocenters. The fraction of sp³-hybridized carbons (Fsp3) is 0.727. The van der Waals surface area contributed by atoms with Crippen LogP contribution in [-0.2, 0) is 0 Å². The molecule has 16 heavy (non-hydrogen) atoms. The molecule has 90 valence electrons. The zero-order valence-corrected chi connectivity index (χ0v) is 10.8. The van der Waals surface area contributed by atoms with Crippen molar-refractivity contribution in [2.45, 2.75) is 52.7 Å². The SMILES string of the molecule is Cc1nnc(NC(C)(C)C(C)(C)O)nc1C. The van der Waals surface area contributed by atoms with Crippen molar-refractivity contribution < 1.29 is 5.11 Å². The van der Waals surface area contributed by atoms with Crippen molar-refractivity contribution in [2.24, 2.45) is 0 Å². The smallest absolute Gasteiger partial charge is 0.243 e. The van der Waals surface area contributed by atoms with Crippen molar-refractivity contribution in [1.29, 1.82) is 0 Å². The number of anilines is 1. The van der Waals surface area contributed by atoms with Crippen molar-refractivity contribution >= 4 is 5.95 Å². The van der Waals surface area contributed by atoms with Gasteiger partial charge in [0.25, 0.3) is 0 Å². The number of aryl methyl sites for hydroxylation is 2. The highest BCUT2D eigenvalue weighted by molar-refractivity contribution is 5.30. The normalized spacial score (nSPS) is 12.7. The predicted octanol–water partition coefficient (Wildman–Crippen LogP) is 1.45. The molecule has 5 nitrogen and oxygen atoms in total. The van der Waals surface area contributed by atoms with Gasteiger partial charge < -0.3 is 10.4 Å². The fourth-order valence-corrected chi connectivity index (χ4v) is 0.942. The van der Waals surface area contributed by atoms with Gasteiger partial charge in [0.15, 0.2) is 0 Å². The van der Waals surface area contributed by atoms with E-state index in [1.807, 2.05) is 27.7 Å². The van der Waals surface area contributed by atoms with Crippen LogP contribution in [0.15, 0.2) is 0 Å². The average Bonchev–Trinajstić information content (AvgIpc) is 2.09. The zero-order valence-electron chi connectivity index (χ0n) is 10.8. The quantitative estimate of drug-likeness (QED) is 0.813. The molecule has 0 atom stereocenters. The number of aliphatic hydroxyl groups is 1. The van der Waals surface area contributed by atoms with Gasteiger partial charge in [-0.1, -0.05) is 0 Å². The van der Waals surface area contributed by atoms with Gasteiger partial charge in [-0.25, -0.2) is 4.98 Å². The third kappa shape index (κ3) is 2.66. The van der Waals surface area contributed by atoms with Crippen LogP contribution in [-0.4, -0.2) is 31.4 Å². The highest BCUT2D eigenvalue weighted by atomic mass is 16.3. The number of rotatable bonds is 3. The third-order valence-electron chi connectivity index (χ3n) is 3.05. The van der Waals surface area contributed by atoms with E-state index in [-0.39, 0.29) is 0 Å². The lowest BCUT2D eigenvalue weighted by atomic mass is 9.86. The summed E-state index contributed by atoms with van der Waals surface area (Å²) >= 11 is 0. The van der Waals surface area contributed by atoms with Gasteiger partial charge in [-0.3, -0.25) is 0 Å². The maximum atomic E-state index is 9.99. The molecule has 1 heterocycles. The first-order chi connectivity index (χ1) is 7.13. The van der Waals surface area contributed by atoms with E-state index in [2.05, 4.69) is 20.5 Å². The molecule has 1 aromatic heterocycles. The summed E-state index contributed by atoms with van der Waals surface area (Å²) in [7, 11) is 0. The summed E-state index contributed by atoms with van der Waals surface area (Å²) in [5.41, 5.74) is 0.238. The number of nitrogens with zero attached hydrogens (tertiary/aromatic N) is 3. The number of hydrogen-bond acceptors (Lipinski definition) is 5. The second-order valence-corrected chi connectivity index (χ2v) is 5.12. The summed E-state index contributed by atoms with van der Waals surface area (Å²) in [5.74, 6) is 0.440. The zero-order chi connectivity index (χ0) is 12.6. The molecule has 0 spiro atoms. The van der Waals surface area contributed by atoms with Crippen LogP contribution in [0.4, 0.5) is 5.95 Å². The highest BCUT2D eigenvalue weighted by Crippen LogP contribution is 2.24. The standard InChI is InChI=1S/C11H20N4O/c1-7-8(2)14-15-9(12-7)13-10(3,4)11(5,6)16/h16H,1-6H3,(H,12,13,15). The van der Waals surface area contributed by atoms with Crippen LogP contribution in [0.25, 0.3) is 0 Å². The van der Waals surface area contributed by atoms with Gasteiger partial charge in [-0.2, -0.15) is 5.10 Å². The van der Waals surface area contributed by atoms with Crippen molar-refractivity contribution in [3.05, 3.63) is 11.4 Å². The van der Waals surface area contributed by atoms with Gasteiger partial charge in [0.2, 0.25) is 5.95 Å². The lowest BCUT2D eigenvalue weighted by Gasteiger charge is -2.37. The number of hydrogen-bond donors (Lipinski definition) is 2. The van der Waals surface area contributed by atoms with Crippen LogP contribution in [0.3, 0.4) is 0 Å². The predicted molar refractivity (Wildman–Crippen MR) is 63.3 cm³/mol. The Hall–Kier alpha value is -1.23. The maximum Gasteiger partial charge on any atom is 0.243 e. The molecule has 1 aromatic rings. The minimum Gasteiger partial charge on any atom is -0.388 e. The van der Waals surface area contributed by atoms with Crippen molar-refractivity contribution in [3.8, 4) is 0 Å². The van der Waals surface area contributed by atoms with Gasteiger partial charge in [-0.15, -0.1) is 5.10 Å². The first-order valence-corrected chi connectivity index (χ1v) is 5.32. The highest BCUT2D eigenvalue weighted by Gasteiger charge is 2.35. The Morgan fingerprint density at radius 1 is 1.00 bits per heavy atom. The van der Waals surface area contributed by atoms with Crippen LogP contribution < -0.4 is 5.32 Å². The van der Waals surface area contributed by atoms with E-state index in [0.29, 0.717) is 5.95 Å². The summed E-state index contributed by atoms with van der Waals surface area (Å²) in [4.78, 5) is 4.28. The second kappa shape index (κ2) is 3.97. The topological polar surface area (TPSA) is 70.9 Å².